The summed E-state index contributed by atoms with van der Waals surface area (Å²) in [5.74, 6) is 3.09. The Balaban J connectivity index is 1.51. The molecule has 0 radical (unpaired) electrons. The van der Waals surface area contributed by atoms with Crippen LogP contribution in [0.4, 0.5) is 5.82 Å². The molecule has 1 atom stereocenters. The molecule has 0 spiro atoms. The summed E-state index contributed by atoms with van der Waals surface area (Å²) in [6.07, 6.45) is 10.0. The first-order chi connectivity index (χ1) is 12.3. The third kappa shape index (κ3) is 2.52. The summed E-state index contributed by atoms with van der Waals surface area (Å²) in [5, 5.41) is 13.7. The maximum absolute atomic E-state index is 4.58. The van der Waals surface area contributed by atoms with E-state index < -0.39 is 0 Å². The van der Waals surface area contributed by atoms with E-state index in [0.29, 0.717) is 0 Å². The minimum absolute atomic E-state index is 0.0802. The van der Waals surface area contributed by atoms with Crippen molar-refractivity contribution in [1.82, 2.24) is 24.7 Å². The van der Waals surface area contributed by atoms with Crippen molar-refractivity contribution >= 4 is 27.4 Å². The van der Waals surface area contributed by atoms with Gasteiger partial charge in [0.15, 0.2) is 5.82 Å². The van der Waals surface area contributed by atoms with Gasteiger partial charge in [0.25, 0.3) is 0 Å². The molecule has 3 aromatic rings. The average Bonchev–Trinajstić information content (AvgIpc) is 3.23. The topological polar surface area (TPSA) is 68.5 Å². The van der Waals surface area contributed by atoms with Crippen molar-refractivity contribution in [3.05, 3.63) is 28.4 Å². The van der Waals surface area contributed by atoms with Crippen LogP contribution in [-0.2, 0) is 25.8 Å². The molecule has 130 valence electrons. The Labute approximate surface area is 150 Å². The Bertz CT molecular complexity index is 927. The van der Waals surface area contributed by atoms with Crippen LogP contribution in [0.3, 0.4) is 0 Å². The van der Waals surface area contributed by atoms with Gasteiger partial charge in [-0.1, -0.05) is 0 Å². The molecule has 5 rings (SSSR count). The van der Waals surface area contributed by atoms with Crippen LogP contribution in [0.15, 0.2) is 6.33 Å². The zero-order valence-electron chi connectivity index (χ0n) is 14.5. The number of aromatic nitrogens is 5. The van der Waals surface area contributed by atoms with Crippen molar-refractivity contribution < 1.29 is 0 Å². The zero-order valence-corrected chi connectivity index (χ0v) is 15.3. The molecule has 4 heterocycles. The summed E-state index contributed by atoms with van der Waals surface area (Å²) in [7, 11) is 0. The molecule has 25 heavy (non-hydrogen) atoms. The van der Waals surface area contributed by atoms with Crippen LogP contribution in [0.5, 0.6) is 0 Å². The van der Waals surface area contributed by atoms with Crippen LogP contribution >= 0.6 is 11.3 Å². The molecule has 0 saturated carbocycles. The lowest BCUT2D eigenvalue weighted by Gasteiger charge is -2.20. The summed E-state index contributed by atoms with van der Waals surface area (Å²) in [6.45, 7) is 3.18. The van der Waals surface area contributed by atoms with Gasteiger partial charge >= 0.3 is 0 Å². The minimum Gasteiger partial charge on any atom is -0.360 e. The van der Waals surface area contributed by atoms with Gasteiger partial charge in [0.2, 0.25) is 0 Å². The number of fused-ring (bicyclic) bond motifs is 4. The summed E-state index contributed by atoms with van der Waals surface area (Å²) in [5.41, 5.74) is 1.46. The maximum Gasteiger partial charge on any atom is 0.155 e. The van der Waals surface area contributed by atoms with E-state index in [1.807, 2.05) is 11.3 Å². The minimum atomic E-state index is 0.0802. The molecule has 6 nitrogen and oxygen atoms in total. The monoisotopic (exact) mass is 354 g/mol. The molecule has 0 amide bonds. The Kier molecular flexibility index (Phi) is 3.69. The first kappa shape index (κ1) is 15.3. The van der Waals surface area contributed by atoms with Gasteiger partial charge in [-0.15, -0.1) is 21.5 Å². The van der Waals surface area contributed by atoms with Crippen LogP contribution in [0, 0.1) is 0 Å². The van der Waals surface area contributed by atoms with Gasteiger partial charge in [-0.25, -0.2) is 9.97 Å². The lowest BCUT2D eigenvalue weighted by molar-refractivity contribution is 0.500. The molecule has 0 saturated heterocycles. The lowest BCUT2D eigenvalue weighted by Crippen LogP contribution is -2.18. The number of anilines is 1. The molecular weight excluding hydrogens is 332 g/mol. The van der Waals surface area contributed by atoms with E-state index in [4.69, 9.17) is 0 Å². The van der Waals surface area contributed by atoms with Crippen molar-refractivity contribution in [3.8, 4) is 0 Å². The maximum atomic E-state index is 4.58. The molecule has 2 aliphatic rings. The third-order valence-corrected chi connectivity index (χ3v) is 6.58. The van der Waals surface area contributed by atoms with E-state index in [2.05, 4.69) is 37.0 Å². The SMILES string of the molecule is CC(Nc1ncnc2sc3c(c12)CCCC3)c1nnc2n1CCCC2. The van der Waals surface area contributed by atoms with Crippen LogP contribution in [0.25, 0.3) is 10.2 Å². The summed E-state index contributed by atoms with van der Waals surface area (Å²) >= 11 is 1.84. The van der Waals surface area contributed by atoms with E-state index >= 15 is 0 Å². The fraction of sp³-hybridized carbons (Fsp3) is 0.556. The van der Waals surface area contributed by atoms with Crippen molar-refractivity contribution in [2.75, 3.05) is 5.32 Å². The number of hydrogen-bond donors (Lipinski definition) is 1. The van der Waals surface area contributed by atoms with Gasteiger partial charge < -0.3 is 9.88 Å². The fourth-order valence-corrected chi connectivity index (χ4v) is 5.35. The molecule has 7 heteroatoms. The van der Waals surface area contributed by atoms with Crippen LogP contribution in [0.2, 0.25) is 0 Å². The summed E-state index contributed by atoms with van der Waals surface area (Å²) < 4.78 is 2.28. The lowest BCUT2D eigenvalue weighted by atomic mass is 9.97. The standard InChI is InChI=1S/C18H22N6S/c1-11(17-23-22-14-8-4-5-9-24(14)17)21-16-15-12-6-2-3-7-13(12)25-18(15)20-10-19-16/h10-11H,2-9H2,1H3,(H,19,20,21). The molecule has 1 unspecified atom stereocenters. The number of rotatable bonds is 3. The molecule has 0 aromatic carbocycles. The van der Waals surface area contributed by atoms with Crippen LogP contribution < -0.4 is 5.32 Å². The Morgan fingerprint density at radius 1 is 1.08 bits per heavy atom. The highest BCUT2D eigenvalue weighted by molar-refractivity contribution is 7.19. The van der Waals surface area contributed by atoms with Gasteiger partial charge in [-0.3, -0.25) is 0 Å². The van der Waals surface area contributed by atoms with Crippen molar-refractivity contribution in [2.24, 2.45) is 0 Å². The third-order valence-electron chi connectivity index (χ3n) is 5.38. The molecule has 0 bridgehead atoms. The number of hydrogen-bond acceptors (Lipinski definition) is 6. The average molecular weight is 354 g/mol. The van der Waals surface area contributed by atoms with E-state index in [1.54, 1.807) is 6.33 Å². The molecular formula is C18H22N6S. The fourth-order valence-electron chi connectivity index (χ4n) is 4.12. The highest BCUT2D eigenvalue weighted by Gasteiger charge is 2.23. The number of thiophene rings is 1. The predicted octanol–water partition coefficient (Wildman–Crippen LogP) is 3.67. The smallest absolute Gasteiger partial charge is 0.155 e. The molecule has 1 N–H and O–H groups in total. The summed E-state index contributed by atoms with van der Waals surface area (Å²) in [4.78, 5) is 11.7. The van der Waals surface area contributed by atoms with E-state index in [1.165, 1.54) is 47.9 Å². The van der Waals surface area contributed by atoms with Gasteiger partial charge in [0.1, 0.15) is 22.8 Å². The molecule has 1 aliphatic carbocycles. The second-order valence-electron chi connectivity index (χ2n) is 7.06. The molecule has 1 aliphatic heterocycles. The van der Waals surface area contributed by atoms with Crippen molar-refractivity contribution in [3.63, 3.8) is 0 Å². The quantitative estimate of drug-likeness (QED) is 0.777. The van der Waals surface area contributed by atoms with Crippen LogP contribution in [-0.4, -0.2) is 24.7 Å². The highest BCUT2D eigenvalue weighted by atomic mass is 32.1. The van der Waals surface area contributed by atoms with Crippen LogP contribution in [0.1, 0.15) is 60.7 Å². The number of aryl methyl sites for hydroxylation is 3. The Morgan fingerprint density at radius 3 is 2.92 bits per heavy atom. The first-order valence-corrected chi connectivity index (χ1v) is 10.1. The van der Waals surface area contributed by atoms with Gasteiger partial charge in [-0.05, 0) is 51.0 Å². The number of nitrogens with zero attached hydrogens (tertiary/aromatic N) is 5. The van der Waals surface area contributed by atoms with E-state index in [-0.39, 0.29) is 6.04 Å². The van der Waals surface area contributed by atoms with Gasteiger partial charge in [-0.2, -0.15) is 0 Å². The molecule has 0 fully saturated rings. The Hall–Kier alpha value is -2.02. The van der Waals surface area contributed by atoms with E-state index in [9.17, 15) is 0 Å². The van der Waals surface area contributed by atoms with Gasteiger partial charge in [0.05, 0.1) is 11.4 Å². The predicted molar refractivity (Wildman–Crippen MR) is 99.1 cm³/mol. The van der Waals surface area contributed by atoms with Gasteiger partial charge in [0, 0.05) is 17.8 Å². The highest BCUT2D eigenvalue weighted by Crippen LogP contribution is 2.38. The molecule has 3 aromatic heterocycles. The number of nitrogens with one attached hydrogen (secondary N) is 1. The van der Waals surface area contributed by atoms with Crippen molar-refractivity contribution in [1.29, 1.82) is 0 Å². The Morgan fingerprint density at radius 2 is 1.96 bits per heavy atom. The normalized spacial score (nSPS) is 18.0. The van der Waals surface area contributed by atoms with E-state index in [0.717, 1.165) is 41.7 Å². The second kappa shape index (κ2) is 6.05. The zero-order chi connectivity index (χ0) is 16.8. The second-order valence-corrected chi connectivity index (χ2v) is 8.15. The first-order valence-electron chi connectivity index (χ1n) is 9.25. The largest absolute Gasteiger partial charge is 0.360 e. The summed E-state index contributed by atoms with van der Waals surface area (Å²) in [6, 6.07) is 0.0802. The van der Waals surface area contributed by atoms with Crippen molar-refractivity contribution in [2.45, 2.75) is 64.5 Å².